The van der Waals surface area contributed by atoms with E-state index in [-0.39, 0.29) is 5.92 Å². The van der Waals surface area contributed by atoms with Gasteiger partial charge in [0.15, 0.2) is 0 Å². The Balaban J connectivity index is 1.73. The maximum absolute atomic E-state index is 5.82. The molecule has 1 atom stereocenters. The van der Waals surface area contributed by atoms with E-state index in [1.54, 1.807) is 6.20 Å². The van der Waals surface area contributed by atoms with Gasteiger partial charge in [0.25, 0.3) is 0 Å². The summed E-state index contributed by atoms with van der Waals surface area (Å²) in [5, 5.41) is 8.79. The predicted molar refractivity (Wildman–Crippen MR) is 118 cm³/mol. The minimum absolute atomic E-state index is 0.165. The van der Waals surface area contributed by atoms with E-state index < -0.39 is 0 Å². The van der Waals surface area contributed by atoms with Gasteiger partial charge < -0.3 is 16.4 Å². The summed E-state index contributed by atoms with van der Waals surface area (Å²) in [5.41, 5.74) is 16.7. The quantitative estimate of drug-likeness (QED) is 0.532. The molecule has 4 heterocycles. The van der Waals surface area contributed by atoms with Crippen molar-refractivity contribution in [2.75, 3.05) is 22.9 Å². The smallest absolute Gasteiger partial charge is 0.142 e. The average Bonchev–Trinajstić information content (AvgIpc) is 3.08. The molecule has 8 nitrogen and oxygen atoms in total. The van der Waals surface area contributed by atoms with Crippen molar-refractivity contribution >= 4 is 23.0 Å². The van der Waals surface area contributed by atoms with E-state index in [4.69, 9.17) is 11.5 Å². The lowest BCUT2D eigenvalue weighted by atomic mass is 10.0. The molecule has 150 valence electrons. The average molecular weight is 398 g/mol. The molecule has 0 amide bonds. The Morgan fingerprint density at radius 1 is 0.867 bits per heavy atom. The van der Waals surface area contributed by atoms with E-state index in [2.05, 4.69) is 54.8 Å². The van der Waals surface area contributed by atoms with Crippen LogP contribution in [0.5, 0.6) is 0 Å². The number of aromatic nitrogens is 5. The summed E-state index contributed by atoms with van der Waals surface area (Å²) in [6.45, 7) is 4.87. The molecule has 8 heteroatoms. The second-order valence-electron chi connectivity index (χ2n) is 7.57. The molecule has 1 aromatic carbocycles. The van der Waals surface area contributed by atoms with Crippen LogP contribution in [0.1, 0.15) is 24.5 Å². The summed E-state index contributed by atoms with van der Waals surface area (Å²) in [4.78, 5) is 10.8. The van der Waals surface area contributed by atoms with Gasteiger partial charge in [0.2, 0.25) is 0 Å². The fraction of sp³-hybridized carbons (Fsp3) is 0.182. The number of pyridine rings is 2. The van der Waals surface area contributed by atoms with Gasteiger partial charge >= 0.3 is 0 Å². The van der Waals surface area contributed by atoms with Gasteiger partial charge in [-0.15, -0.1) is 10.2 Å². The van der Waals surface area contributed by atoms with Crippen LogP contribution < -0.4 is 16.4 Å². The second-order valence-corrected chi connectivity index (χ2v) is 7.57. The predicted octanol–water partition coefficient (Wildman–Crippen LogP) is 3.45. The van der Waals surface area contributed by atoms with E-state index in [1.807, 2.05) is 37.4 Å². The molecule has 0 saturated heterocycles. The molecule has 1 aliphatic heterocycles. The Morgan fingerprint density at radius 2 is 1.60 bits per heavy atom. The molecule has 0 aliphatic carbocycles. The lowest BCUT2D eigenvalue weighted by molar-refractivity contribution is 0.695. The van der Waals surface area contributed by atoms with Gasteiger partial charge in [-0.1, -0.05) is 13.0 Å². The van der Waals surface area contributed by atoms with Crippen LogP contribution in [0.15, 0.2) is 54.9 Å². The molecule has 1 unspecified atom stereocenters. The lowest BCUT2D eigenvalue weighted by Crippen LogP contribution is -2.22. The Morgan fingerprint density at radius 3 is 2.30 bits per heavy atom. The third-order valence-corrected chi connectivity index (χ3v) is 5.46. The number of nitrogens with two attached hydrogens (primary N) is 2. The summed E-state index contributed by atoms with van der Waals surface area (Å²) in [6.07, 6.45) is 3.60. The van der Waals surface area contributed by atoms with Crippen molar-refractivity contribution < 1.29 is 0 Å². The number of fused-ring (bicyclic) bond motifs is 3. The van der Waals surface area contributed by atoms with Crippen LogP contribution in [0, 0.1) is 6.92 Å². The minimum atomic E-state index is 0.165. The van der Waals surface area contributed by atoms with Gasteiger partial charge in [-0.25, -0.2) is 9.97 Å². The van der Waals surface area contributed by atoms with Gasteiger partial charge in [-0.2, -0.15) is 0 Å². The van der Waals surface area contributed by atoms with Crippen LogP contribution in [-0.4, -0.2) is 31.3 Å². The number of rotatable bonds is 2. The molecule has 3 aromatic heterocycles. The summed E-state index contributed by atoms with van der Waals surface area (Å²) >= 11 is 0. The molecule has 0 bridgehead atoms. The fourth-order valence-electron chi connectivity index (χ4n) is 3.94. The van der Waals surface area contributed by atoms with Gasteiger partial charge in [-0.3, -0.25) is 4.57 Å². The molecule has 30 heavy (non-hydrogen) atoms. The first-order valence-corrected chi connectivity index (χ1v) is 9.78. The lowest BCUT2D eigenvalue weighted by Gasteiger charge is -2.26. The number of aryl methyl sites for hydroxylation is 1. The zero-order valence-electron chi connectivity index (χ0n) is 16.8. The molecule has 5 rings (SSSR count). The number of hydrogen-bond donors (Lipinski definition) is 2. The van der Waals surface area contributed by atoms with Crippen LogP contribution in [-0.2, 0) is 0 Å². The zero-order chi connectivity index (χ0) is 20.8. The summed E-state index contributed by atoms with van der Waals surface area (Å²) in [7, 11) is 0. The topological polar surface area (TPSA) is 112 Å². The summed E-state index contributed by atoms with van der Waals surface area (Å²) in [6, 6.07) is 14.0. The van der Waals surface area contributed by atoms with Crippen LogP contribution in [0.4, 0.5) is 23.0 Å². The van der Waals surface area contributed by atoms with Gasteiger partial charge in [-0.05, 0) is 48.9 Å². The van der Waals surface area contributed by atoms with Crippen LogP contribution >= 0.6 is 0 Å². The third kappa shape index (κ3) is 2.93. The molecule has 4 N–H and O–H groups in total. The number of hydrogen-bond acceptors (Lipinski definition) is 7. The van der Waals surface area contributed by atoms with Gasteiger partial charge in [0.1, 0.15) is 23.3 Å². The van der Waals surface area contributed by atoms with Crippen molar-refractivity contribution in [3.63, 3.8) is 0 Å². The van der Waals surface area contributed by atoms with Crippen LogP contribution in [0.2, 0.25) is 0 Å². The van der Waals surface area contributed by atoms with E-state index in [9.17, 15) is 0 Å². The van der Waals surface area contributed by atoms with Crippen molar-refractivity contribution in [3.8, 4) is 16.8 Å². The molecule has 1 aliphatic rings. The molecular formula is C22H22N8. The van der Waals surface area contributed by atoms with E-state index in [0.717, 1.165) is 46.4 Å². The third-order valence-electron chi connectivity index (χ3n) is 5.46. The monoisotopic (exact) mass is 398 g/mol. The highest BCUT2D eigenvalue weighted by molar-refractivity contribution is 5.79. The Bertz CT molecular complexity index is 1210. The number of benzene rings is 1. The molecular weight excluding hydrogens is 376 g/mol. The highest BCUT2D eigenvalue weighted by Crippen LogP contribution is 2.40. The maximum Gasteiger partial charge on any atom is 0.142 e. The normalized spacial score (nSPS) is 15.4. The molecule has 0 spiro atoms. The van der Waals surface area contributed by atoms with Crippen LogP contribution in [0.25, 0.3) is 16.8 Å². The van der Waals surface area contributed by atoms with E-state index in [0.29, 0.717) is 11.6 Å². The van der Waals surface area contributed by atoms with Crippen molar-refractivity contribution in [2.45, 2.75) is 19.8 Å². The van der Waals surface area contributed by atoms with Crippen molar-refractivity contribution in [1.29, 1.82) is 0 Å². The minimum Gasteiger partial charge on any atom is -0.384 e. The molecule has 4 aromatic rings. The second kappa shape index (κ2) is 6.84. The SMILES string of the molecule is Cc1nnc2n1-c1ccc(-c3ccc(N)nc3)cc1N(c1ccc(N)nc1)CC2C. The molecule has 0 radical (unpaired) electrons. The van der Waals surface area contributed by atoms with Gasteiger partial charge in [0.05, 0.1) is 23.3 Å². The molecule has 0 fully saturated rings. The Hall–Kier alpha value is -3.94. The number of nitrogens with zero attached hydrogens (tertiary/aromatic N) is 6. The van der Waals surface area contributed by atoms with Crippen molar-refractivity contribution in [1.82, 2.24) is 24.7 Å². The first-order chi connectivity index (χ1) is 14.5. The standard InChI is InChI=1S/C22H22N8/c1-13-12-29(17-5-8-21(24)26-11-17)19-9-15(16-4-7-20(23)25-10-16)3-6-18(19)30-14(2)27-28-22(13)30/h3-11,13H,12H2,1-2H3,(H2,23,25)(H2,24,26). The maximum atomic E-state index is 5.82. The number of nitrogen functional groups attached to an aromatic ring is 2. The molecule has 0 saturated carbocycles. The van der Waals surface area contributed by atoms with E-state index in [1.165, 1.54) is 0 Å². The van der Waals surface area contributed by atoms with Crippen molar-refractivity contribution in [3.05, 3.63) is 66.5 Å². The van der Waals surface area contributed by atoms with E-state index >= 15 is 0 Å². The fourth-order valence-corrected chi connectivity index (χ4v) is 3.94. The summed E-state index contributed by atoms with van der Waals surface area (Å²) in [5.74, 6) is 2.97. The van der Waals surface area contributed by atoms with Crippen LogP contribution in [0.3, 0.4) is 0 Å². The highest BCUT2D eigenvalue weighted by atomic mass is 15.3. The highest BCUT2D eigenvalue weighted by Gasteiger charge is 2.28. The largest absolute Gasteiger partial charge is 0.384 e. The zero-order valence-corrected chi connectivity index (χ0v) is 16.8. The van der Waals surface area contributed by atoms with Gasteiger partial charge in [0, 0.05) is 24.2 Å². The Kier molecular flexibility index (Phi) is 4.13. The Labute approximate surface area is 174 Å². The number of anilines is 4. The summed E-state index contributed by atoms with van der Waals surface area (Å²) < 4.78 is 2.13. The first kappa shape index (κ1) is 18.1. The first-order valence-electron chi connectivity index (χ1n) is 9.78. The van der Waals surface area contributed by atoms with Crippen molar-refractivity contribution in [2.24, 2.45) is 0 Å².